The molecule has 0 spiro atoms. The van der Waals surface area contributed by atoms with Gasteiger partial charge in [-0.2, -0.15) is 5.10 Å². The van der Waals surface area contributed by atoms with Crippen molar-refractivity contribution in [3.63, 3.8) is 0 Å². The third-order valence-corrected chi connectivity index (χ3v) is 4.71. The molecule has 2 aromatic rings. The molecule has 1 unspecified atom stereocenters. The van der Waals surface area contributed by atoms with E-state index >= 15 is 0 Å². The summed E-state index contributed by atoms with van der Waals surface area (Å²) in [5.74, 6) is -0.912. The summed E-state index contributed by atoms with van der Waals surface area (Å²) in [4.78, 5) is 35.9. The van der Waals surface area contributed by atoms with Gasteiger partial charge in [0.15, 0.2) is 5.69 Å². The molecule has 0 saturated carbocycles. The summed E-state index contributed by atoms with van der Waals surface area (Å²) in [7, 11) is 0. The van der Waals surface area contributed by atoms with Gasteiger partial charge in [0.05, 0.1) is 4.92 Å². The van der Waals surface area contributed by atoms with Crippen LogP contribution < -0.4 is 0 Å². The van der Waals surface area contributed by atoms with Crippen LogP contribution in [0.25, 0.3) is 5.69 Å². The van der Waals surface area contributed by atoms with Crippen molar-refractivity contribution in [1.29, 1.82) is 0 Å². The number of nitro benzene ring substituents is 1. The topological polar surface area (TPSA) is 119 Å². The van der Waals surface area contributed by atoms with E-state index in [2.05, 4.69) is 5.10 Å². The number of para-hydroxylation sites is 2. The first-order chi connectivity index (χ1) is 13.0. The van der Waals surface area contributed by atoms with Crippen LogP contribution in [0.5, 0.6) is 0 Å². The predicted octanol–water partition coefficient (Wildman–Crippen LogP) is 2.50. The Bertz CT molecular complexity index is 863. The zero-order valence-corrected chi connectivity index (χ0v) is 14.7. The van der Waals surface area contributed by atoms with Crippen molar-refractivity contribution in [3.05, 3.63) is 52.3 Å². The number of benzene rings is 1. The minimum Gasteiger partial charge on any atom is -0.481 e. The molecule has 1 aromatic heterocycles. The lowest BCUT2D eigenvalue weighted by Crippen LogP contribution is -2.40. The van der Waals surface area contributed by atoms with Crippen LogP contribution >= 0.6 is 0 Å². The van der Waals surface area contributed by atoms with Crippen LogP contribution in [-0.2, 0) is 4.79 Å². The van der Waals surface area contributed by atoms with Gasteiger partial charge in [-0.1, -0.05) is 12.1 Å². The average molecular weight is 372 g/mol. The molecule has 3 rings (SSSR count). The maximum atomic E-state index is 12.7. The molecule has 1 aliphatic heterocycles. The van der Waals surface area contributed by atoms with E-state index < -0.39 is 10.9 Å². The van der Waals surface area contributed by atoms with E-state index in [0.717, 1.165) is 12.8 Å². The monoisotopic (exact) mass is 372 g/mol. The Balaban J connectivity index is 1.74. The summed E-state index contributed by atoms with van der Waals surface area (Å²) >= 11 is 0. The highest BCUT2D eigenvalue weighted by molar-refractivity contribution is 5.92. The second-order valence-corrected chi connectivity index (χ2v) is 6.58. The molecule has 0 radical (unpaired) electrons. The number of carboxylic acids is 1. The van der Waals surface area contributed by atoms with Crippen molar-refractivity contribution in [2.75, 3.05) is 13.1 Å². The molecule has 1 amide bonds. The maximum absolute atomic E-state index is 12.7. The van der Waals surface area contributed by atoms with Crippen molar-refractivity contribution >= 4 is 17.6 Å². The third-order valence-electron chi connectivity index (χ3n) is 4.71. The molecule has 0 bridgehead atoms. The van der Waals surface area contributed by atoms with Crippen LogP contribution in [0.2, 0.25) is 0 Å². The number of aliphatic carboxylic acids is 1. The number of aromatic nitrogens is 2. The summed E-state index contributed by atoms with van der Waals surface area (Å²) < 4.78 is 1.33. The summed E-state index contributed by atoms with van der Waals surface area (Å²) in [6, 6.07) is 7.74. The molecular formula is C18H20N4O5. The fourth-order valence-electron chi connectivity index (χ4n) is 3.36. The minimum atomic E-state index is -0.832. The lowest BCUT2D eigenvalue weighted by atomic mass is 9.93. The fourth-order valence-corrected chi connectivity index (χ4v) is 3.36. The predicted molar refractivity (Wildman–Crippen MR) is 95.7 cm³/mol. The van der Waals surface area contributed by atoms with Gasteiger partial charge in [0.1, 0.15) is 5.69 Å². The van der Waals surface area contributed by atoms with E-state index in [1.807, 2.05) is 0 Å². The maximum Gasteiger partial charge on any atom is 0.303 e. The van der Waals surface area contributed by atoms with Crippen molar-refractivity contribution in [1.82, 2.24) is 14.7 Å². The standard InChI is InChI=1S/C18H20N4O5/c23-17(24)8-7-13-4-3-10-20(12-13)18(25)14-9-11-21(19-14)15-5-1-2-6-16(15)22(26)27/h1-2,5-6,9,11,13H,3-4,7-8,10,12H2,(H,23,24). The zero-order chi connectivity index (χ0) is 19.4. The molecule has 1 aromatic carbocycles. The van der Waals surface area contributed by atoms with E-state index in [4.69, 9.17) is 5.11 Å². The van der Waals surface area contributed by atoms with Gasteiger partial charge in [-0.15, -0.1) is 0 Å². The smallest absolute Gasteiger partial charge is 0.303 e. The number of nitrogens with zero attached hydrogens (tertiary/aromatic N) is 4. The highest BCUT2D eigenvalue weighted by Crippen LogP contribution is 2.24. The average Bonchev–Trinajstić information content (AvgIpc) is 3.16. The molecule has 1 N–H and O–H groups in total. The molecule has 1 fully saturated rings. The first-order valence-electron chi connectivity index (χ1n) is 8.76. The molecule has 9 nitrogen and oxygen atoms in total. The number of rotatable bonds is 6. The highest BCUT2D eigenvalue weighted by atomic mass is 16.6. The van der Waals surface area contributed by atoms with Crippen LogP contribution in [-0.4, -0.2) is 49.7 Å². The summed E-state index contributed by atoms with van der Waals surface area (Å²) in [5, 5.41) is 24.2. The Morgan fingerprint density at radius 1 is 1.30 bits per heavy atom. The van der Waals surface area contributed by atoms with E-state index in [1.165, 1.54) is 16.9 Å². The molecule has 142 valence electrons. The summed E-state index contributed by atoms with van der Waals surface area (Å²) in [6.45, 7) is 1.10. The van der Waals surface area contributed by atoms with Gasteiger partial charge >= 0.3 is 5.97 Å². The lowest BCUT2D eigenvalue weighted by Gasteiger charge is -2.32. The zero-order valence-electron chi connectivity index (χ0n) is 14.7. The molecule has 1 aliphatic rings. The first kappa shape index (κ1) is 18.6. The molecular weight excluding hydrogens is 352 g/mol. The van der Waals surface area contributed by atoms with Crippen molar-refractivity contribution in [3.8, 4) is 5.69 Å². The summed E-state index contributed by atoms with van der Waals surface area (Å²) in [6.07, 6.45) is 3.90. The normalized spacial score (nSPS) is 16.9. The molecule has 2 heterocycles. The van der Waals surface area contributed by atoms with Crippen LogP contribution in [0.3, 0.4) is 0 Å². The number of carbonyl (C=O) groups is 2. The second kappa shape index (κ2) is 7.98. The van der Waals surface area contributed by atoms with Gasteiger partial charge in [-0.3, -0.25) is 19.7 Å². The van der Waals surface area contributed by atoms with Gasteiger partial charge in [0.25, 0.3) is 11.6 Å². The molecule has 1 atom stereocenters. The summed E-state index contributed by atoms with van der Waals surface area (Å²) in [5.41, 5.74) is 0.415. The number of hydrogen-bond donors (Lipinski definition) is 1. The highest BCUT2D eigenvalue weighted by Gasteiger charge is 2.26. The van der Waals surface area contributed by atoms with Crippen LogP contribution in [0.4, 0.5) is 5.69 Å². The van der Waals surface area contributed by atoms with Crippen molar-refractivity contribution in [2.45, 2.75) is 25.7 Å². The Labute approximate surface area is 155 Å². The third kappa shape index (κ3) is 4.30. The van der Waals surface area contributed by atoms with E-state index in [1.54, 1.807) is 29.2 Å². The van der Waals surface area contributed by atoms with Crippen LogP contribution in [0, 0.1) is 16.0 Å². The Kier molecular flexibility index (Phi) is 5.49. The van der Waals surface area contributed by atoms with E-state index in [0.29, 0.717) is 25.2 Å². The number of likely N-dealkylation sites (tertiary alicyclic amines) is 1. The quantitative estimate of drug-likeness (QED) is 0.615. The lowest BCUT2D eigenvalue weighted by molar-refractivity contribution is -0.384. The van der Waals surface area contributed by atoms with Gasteiger partial charge < -0.3 is 10.0 Å². The largest absolute Gasteiger partial charge is 0.481 e. The van der Waals surface area contributed by atoms with Crippen molar-refractivity contribution in [2.24, 2.45) is 5.92 Å². The number of carboxylic acid groups (broad SMARTS) is 1. The number of amides is 1. The van der Waals surface area contributed by atoms with Crippen molar-refractivity contribution < 1.29 is 19.6 Å². The van der Waals surface area contributed by atoms with Crippen LogP contribution in [0.1, 0.15) is 36.2 Å². The SMILES string of the molecule is O=C(O)CCC1CCCN(C(=O)c2ccn(-c3ccccc3[N+](=O)[O-])n2)C1. The number of carbonyl (C=O) groups excluding carboxylic acids is 1. The molecule has 9 heteroatoms. The second-order valence-electron chi connectivity index (χ2n) is 6.58. The molecule has 1 saturated heterocycles. The Hall–Kier alpha value is -3.23. The van der Waals surface area contributed by atoms with E-state index in [-0.39, 0.29) is 29.6 Å². The van der Waals surface area contributed by atoms with Gasteiger partial charge in [-0.25, -0.2) is 4.68 Å². The van der Waals surface area contributed by atoms with E-state index in [9.17, 15) is 19.7 Å². The van der Waals surface area contributed by atoms with Gasteiger partial charge in [0.2, 0.25) is 0 Å². The Morgan fingerprint density at radius 2 is 2.07 bits per heavy atom. The van der Waals surface area contributed by atoms with Gasteiger partial charge in [-0.05, 0) is 37.3 Å². The number of hydrogen-bond acceptors (Lipinski definition) is 5. The molecule has 0 aliphatic carbocycles. The Morgan fingerprint density at radius 3 is 2.81 bits per heavy atom. The van der Waals surface area contributed by atoms with Gasteiger partial charge in [0, 0.05) is 31.8 Å². The molecule has 27 heavy (non-hydrogen) atoms. The fraction of sp³-hybridized carbons (Fsp3) is 0.389. The van der Waals surface area contributed by atoms with Crippen LogP contribution in [0.15, 0.2) is 36.5 Å². The minimum absolute atomic E-state index is 0.0914. The first-order valence-corrected chi connectivity index (χ1v) is 8.76. The number of piperidine rings is 1. The number of nitro groups is 1.